The SMILES string of the molecule is COc1ccc(-n2nnnc2C(F)(F)F)cc1CN1CC(C(c2ccccc2)c2ccccc2)N2CCN(C=O)C[C@H]2C1. The van der Waals surface area contributed by atoms with Gasteiger partial charge in [0.2, 0.25) is 6.41 Å². The number of piperazine rings is 2. The molecule has 0 bridgehead atoms. The lowest BCUT2D eigenvalue weighted by molar-refractivity contribution is -0.146. The maximum atomic E-state index is 13.6. The maximum Gasteiger partial charge on any atom is 0.453 e. The van der Waals surface area contributed by atoms with Gasteiger partial charge >= 0.3 is 6.18 Å². The first-order chi connectivity index (χ1) is 20.9. The molecule has 2 aliphatic rings. The van der Waals surface area contributed by atoms with E-state index in [-0.39, 0.29) is 23.7 Å². The Balaban J connectivity index is 1.37. The summed E-state index contributed by atoms with van der Waals surface area (Å²) < 4.78 is 47.1. The lowest BCUT2D eigenvalue weighted by Gasteiger charge is -2.53. The zero-order valence-electron chi connectivity index (χ0n) is 23.6. The van der Waals surface area contributed by atoms with Crippen molar-refractivity contribution in [3.8, 4) is 11.4 Å². The zero-order valence-corrected chi connectivity index (χ0v) is 23.6. The van der Waals surface area contributed by atoms with Gasteiger partial charge in [-0.3, -0.25) is 14.6 Å². The van der Waals surface area contributed by atoms with Crippen molar-refractivity contribution in [1.82, 2.24) is 34.9 Å². The Labute approximate surface area is 247 Å². The monoisotopic (exact) mass is 591 g/mol. The molecule has 3 aromatic carbocycles. The first-order valence-corrected chi connectivity index (χ1v) is 14.2. The number of halogens is 3. The normalized spacial score (nSPS) is 19.8. The highest BCUT2D eigenvalue weighted by Crippen LogP contribution is 2.37. The van der Waals surface area contributed by atoms with E-state index >= 15 is 0 Å². The molecular formula is C31H32F3N7O2. The van der Waals surface area contributed by atoms with Crippen LogP contribution in [0.25, 0.3) is 5.69 Å². The number of carbonyl (C=O) groups excluding carboxylic acids is 1. The van der Waals surface area contributed by atoms with Crippen LogP contribution in [0.3, 0.4) is 0 Å². The van der Waals surface area contributed by atoms with E-state index in [0.29, 0.717) is 43.2 Å². The van der Waals surface area contributed by atoms with Gasteiger partial charge in [-0.15, -0.1) is 5.10 Å². The molecule has 12 heteroatoms. The lowest BCUT2D eigenvalue weighted by Crippen LogP contribution is -2.66. The fraction of sp³-hybridized carbons (Fsp3) is 0.355. The van der Waals surface area contributed by atoms with E-state index in [1.807, 2.05) is 17.0 Å². The van der Waals surface area contributed by atoms with Crippen molar-refractivity contribution >= 4 is 6.41 Å². The number of amides is 1. The van der Waals surface area contributed by atoms with Gasteiger partial charge in [0.25, 0.3) is 5.82 Å². The van der Waals surface area contributed by atoms with Crippen LogP contribution < -0.4 is 4.74 Å². The molecule has 2 saturated heterocycles. The summed E-state index contributed by atoms with van der Waals surface area (Å²) in [6.45, 7) is 3.84. The number of hydrogen-bond donors (Lipinski definition) is 0. The van der Waals surface area contributed by atoms with Crippen molar-refractivity contribution < 1.29 is 22.7 Å². The van der Waals surface area contributed by atoms with Crippen LogP contribution in [0.15, 0.2) is 78.9 Å². The molecule has 2 atom stereocenters. The maximum absolute atomic E-state index is 13.6. The van der Waals surface area contributed by atoms with Crippen molar-refractivity contribution in [2.75, 3.05) is 39.8 Å². The molecule has 0 N–H and O–H groups in total. The number of alkyl halides is 3. The molecule has 1 aromatic heterocycles. The highest BCUT2D eigenvalue weighted by atomic mass is 19.4. The summed E-state index contributed by atoms with van der Waals surface area (Å²) >= 11 is 0. The third-order valence-corrected chi connectivity index (χ3v) is 8.38. The second-order valence-electron chi connectivity index (χ2n) is 11.0. The minimum absolute atomic E-state index is 0.0688. The number of hydrogen-bond acceptors (Lipinski definition) is 7. The molecule has 2 fully saturated rings. The van der Waals surface area contributed by atoms with Gasteiger partial charge in [0.05, 0.1) is 12.8 Å². The van der Waals surface area contributed by atoms with Crippen LogP contribution in [-0.4, -0.2) is 93.2 Å². The van der Waals surface area contributed by atoms with Gasteiger partial charge in [-0.25, -0.2) is 0 Å². The summed E-state index contributed by atoms with van der Waals surface area (Å²) in [5.74, 6) is -0.563. The smallest absolute Gasteiger partial charge is 0.453 e. The van der Waals surface area contributed by atoms with Crippen molar-refractivity contribution in [2.45, 2.75) is 30.7 Å². The van der Waals surface area contributed by atoms with Gasteiger partial charge in [0, 0.05) is 62.8 Å². The third-order valence-electron chi connectivity index (χ3n) is 8.38. The summed E-state index contributed by atoms with van der Waals surface area (Å²) in [5, 5.41) is 10.1. The molecule has 0 aliphatic carbocycles. The summed E-state index contributed by atoms with van der Waals surface area (Å²) in [5.41, 5.74) is 3.32. The molecule has 6 rings (SSSR count). The molecule has 43 heavy (non-hydrogen) atoms. The number of benzene rings is 3. The topological polar surface area (TPSA) is 79.6 Å². The van der Waals surface area contributed by atoms with Gasteiger partial charge < -0.3 is 9.64 Å². The predicted molar refractivity (Wildman–Crippen MR) is 153 cm³/mol. The Morgan fingerprint density at radius 1 is 0.953 bits per heavy atom. The van der Waals surface area contributed by atoms with E-state index in [1.54, 1.807) is 19.2 Å². The van der Waals surface area contributed by atoms with Crippen LogP contribution in [0, 0.1) is 0 Å². The second-order valence-corrected chi connectivity index (χ2v) is 11.0. The number of methoxy groups -OCH3 is 1. The Morgan fingerprint density at radius 2 is 1.65 bits per heavy atom. The van der Waals surface area contributed by atoms with Crippen molar-refractivity contribution in [2.24, 2.45) is 0 Å². The number of tetrazole rings is 1. The standard InChI is InChI=1S/C31H32F3N7O2/c1-43-28-13-12-25(41-30(31(32,33)34)35-36-37-41)16-24(28)17-39-19-26-18-38(21-42)14-15-40(26)27(20-39)29(22-8-4-2-5-9-22)23-10-6-3-7-11-23/h2-13,16,21,26-27,29H,14-15,17-20H2,1H3/t26-,27?/m0/s1. The van der Waals surface area contributed by atoms with Gasteiger partial charge in [-0.2, -0.15) is 17.9 Å². The summed E-state index contributed by atoms with van der Waals surface area (Å²) in [6, 6.07) is 25.8. The molecule has 0 saturated carbocycles. The highest BCUT2D eigenvalue weighted by molar-refractivity contribution is 5.48. The van der Waals surface area contributed by atoms with E-state index in [9.17, 15) is 18.0 Å². The Kier molecular flexibility index (Phi) is 8.13. The number of nitrogens with zero attached hydrogens (tertiary/aromatic N) is 7. The molecule has 4 aromatic rings. The molecule has 3 heterocycles. The first-order valence-electron chi connectivity index (χ1n) is 14.2. The Morgan fingerprint density at radius 3 is 2.28 bits per heavy atom. The van der Waals surface area contributed by atoms with Crippen LogP contribution in [0.1, 0.15) is 28.4 Å². The van der Waals surface area contributed by atoms with Gasteiger partial charge in [-0.05, 0) is 39.8 Å². The highest BCUT2D eigenvalue weighted by Gasteiger charge is 2.42. The van der Waals surface area contributed by atoms with Gasteiger partial charge in [0.15, 0.2) is 0 Å². The van der Waals surface area contributed by atoms with Crippen LogP contribution >= 0.6 is 0 Å². The molecule has 9 nitrogen and oxygen atoms in total. The predicted octanol–water partition coefficient (Wildman–Crippen LogP) is 3.85. The molecular weight excluding hydrogens is 559 g/mol. The number of fused-ring (bicyclic) bond motifs is 1. The zero-order chi connectivity index (χ0) is 30.0. The molecule has 0 radical (unpaired) electrons. The van der Waals surface area contributed by atoms with Crippen LogP contribution in [-0.2, 0) is 17.5 Å². The van der Waals surface area contributed by atoms with Crippen LogP contribution in [0.4, 0.5) is 13.2 Å². The lowest BCUT2D eigenvalue weighted by atomic mass is 9.81. The van der Waals surface area contributed by atoms with E-state index in [1.165, 1.54) is 17.2 Å². The fourth-order valence-electron chi connectivity index (χ4n) is 6.51. The fourth-order valence-corrected chi connectivity index (χ4v) is 6.51. The van der Waals surface area contributed by atoms with Crippen LogP contribution in [0.2, 0.25) is 0 Å². The van der Waals surface area contributed by atoms with E-state index in [4.69, 9.17) is 4.74 Å². The summed E-state index contributed by atoms with van der Waals surface area (Å²) in [7, 11) is 1.54. The molecule has 224 valence electrons. The minimum atomic E-state index is -4.71. The minimum Gasteiger partial charge on any atom is -0.496 e. The number of aromatic nitrogens is 4. The molecule has 0 spiro atoms. The third kappa shape index (κ3) is 5.98. The van der Waals surface area contributed by atoms with E-state index in [2.05, 4.69) is 73.9 Å². The number of carbonyl (C=O) groups is 1. The average molecular weight is 592 g/mol. The average Bonchev–Trinajstić information content (AvgIpc) is 3.53. The number of ether oxygens (including phenoxy) is 1. The van der Waals surface area contributed by atoms with Gasteiger partial charge in [-0.1, -0.05) is 60.7 Å². The van der Waals surface area contributed by atoms with Crippen LogP contribution in [0.5, 0.6) is 5.75 Å². The molecule has 2 aliphatic heterocycles. The second kappa shape index (κ2) is 12.1. The van der Waals surface area contributed by atoms with Gasteiger partial charge in [0.1, 0.15) is 5.75 Å². The Hall–Kier alpha value is -4.29. The molecule has 1 amide bonds. The largest absolute Gasteiger partial charge is 0.496 e. The Bertz CT molecular complexity index is 1490. The van der Waals surface area contributed by atoms with Crippen molar-refractivity contribution in [3.63, 3.8) is 0 Å². The molecule has 1 unspecified atom stereocenters. The van der Waals surface area contributed by atoms with E-state index in [0.717, 1.165) is 18.5 Å². The van der Waals surface area contributed by atoms with E-state index < -0.39 is 12.0 Å². The summed E-state index contributed by atoms with van der Waals surface area (Å²) in [4.78, 5) is 18.4. The van der Waals surface area contributed by atoms with Crippen molar-refractivity contribution in [3.05, 3.63) is 101 Å². The number of rotatable bonds is 8. The first kappa shape index (κ1) is 28.8. The van der Waals surface area contributed by atoms with Crippen molar-refractivity contribution in [1.29, 1.82) is 0 Å². The quantitative estimate of drug-likeness (QED) is 0.288. The summed E-state index contributed by atoms with van der Waals surface area (Å²) in [6.07, 6.45) is -3.80.